The first kappa shape index (κ1) is 13.9. The molecule has 3 aromatic carbocycles. The van der Waals surface area contributed by atoms with Crippen molar-refractivity contribution in [2.75, 3.05) is 0 Å². The molecule has 0 amide bonds. The van der Waals surface area contributed by atoms with Crippen molar-refractivity contribution in [3.8, 4) is 17.1 Å². The lowest BCUT2D eigenvalue weighted by atomic mass is 10.2. The molecule has 0 unspecified atom stereocenters. The van der Waals surface area contributed by atoms with Gasteiger partial charge in [-0.3, -0.25) is 4.57 Å². The van der Waals surface area contributed by atoms with Crippen molar-refractivity contribution >= 4 is 22.1 Å². The van der Waals surface area contributed by atoms with Gasteiger partial charge in [0.05, 0.1) is 5.52 Å². The molecule has 0 fully saturated rings. The zero-order chi connectivity index (χ0) is 16.6. The van der Waals surface area contributed by atoms with Gasteiger partial charge in [-0.15, -0.1) is 10.2 Å². The van der Waals surface area contributed by atoms with E-state index in [1.807, 2.05) is 60.7 Å². The Hall–Kier alpha value is -3.53. The molecule has 5 rings (SSSR count). The van der Waals surface area contributed by atoms with Crippen molar-refractivity contribution in [1.29, 1.82) is 0 Å². The maximum Gasteiger partial charge on any atom is 0.188 e. The molecular formula is C21H14N4. The number of benzene rings is 3. The molecular weight excluding hydrogens is 308 g/mol. The summed E-state index contributed by atoms with van der Waals surface area (Å²) in [6, 6.07) is 28.3. The molecule has 2 heterocycles. The number of aromatic nitrogens is 4. The first-order valence-corrected chi connectivity index (χ1v) is 8.16. The van der Waals surface area contributed by atoms with Crippen LogP contribution in [-0.2, 0) is 0 Å². The molecule has 0 atom stereocenters. The van der Waals surface area contributed by atoms with Gasteiger partial charge in [-0.05, 0) is 18.2 Å². The maximum atomic E-state index is 4.95. The third kappa shape index (κ3) is 2.19. The van der Waals surface area contributed by atoms with Crippen LogP contribution in [0, 0.1) is 0 Å². The molecule has 0 aliphatic rings. The Balaban J connectivity index is 1.93. The Bertz CT molecular complexity index is 1180. The molecule has 0 saturated heterocycles. The third-order valence-corrected chi connectivity index (χ3v) is 4.31. The number of hydrogen-bond donors (Lipinski definition) is 0. The molecule has 4 heteroatoms. The van der Waals surface area contributed by atoms with Crippen LogP contribution in [0.5, 0.6) is 0 Å². The zero-order valence-electron chi connectivity index (χ0n) is 13.4. The predicted molar refractivity (Wildman–Crippen MR) is 99.6 cm³/mol. The number of fused-ring (bicyclic) bond motifs is 3. The van der Waals surface area contributed by atoms with Gasteiger partial charge in [0.2, 0.25) is 0 Å². The highest BCUT2D eigenvalue weighted by Gasteiger charge is 2.17. The van der Waals surface area contributed by atoms with Crippen LogP contribution < -0.4 is 0 Å². The standard InChI is InChI=1S/C21H14N4/c1-3-9-15(10-4-1)20-22-19-17-13-7-8-14-18(17)23-24-21(19)25(20)16-11-5-2-6-12-16/h1-14H. The summed E-state index contributed by atoms with van der Waals surface area (Å²) in [6.07, 6.45) is 0. The van der Waals surface area contributed by atoms with E-state index in [2.05, 4.69) is 39.0 Å². The van der Waals surface area contributed by atoms with Gasteiger partial charge in [0.15, 0.2) is 5.65 Å². The Labute approximate surface area is 144 Å². The quantitative estimate of drug-likeness (QED) is 0.476. The normalized spacial score (nSPS) is 11.2. The van der Waals surface area contributed by atoms with E-state index in [0.29, 0.717) is 0 Å². The van der Waals surface area contributed by atoms with E-state index >= 15 is 0 Å². The molecule has 0 aliphatic carbocycles. The van der Waals surface area contributed by atoms with Gasteiger partial charge in [0, 0.05) is 16.6 Å². The fourth-order valence-electron chi connectivity index (χ4n) is 3.15. The highest BCUT2D eigenvalue weighted by Crippen LogP contribution is 2.30. The summed E-state index contributed by atoms with van der Waals surface area (Å²) in [7, 11) is 0. The van der Waals surface area contributed by atoms with Crippen LogP contribution in [0.1, 0.15) is 0 Å². The minimum Gasteiger partial charge on any atom is -0.275 e. The van der Waals surface area contributed by atoms with Crippen molar-refractivity contribution in [2.24, 2.45) is 0 Å². The van der Waals surface area contributed by atoms with E-state index in [1.54, 1.807) is 0 Å². The van der Waals surface area contributed by atoms with E-state index in [1.165, 1.54) is 0 Å². The number of imidazole rings is 1. The summed E-state index contributed by atoms with van der Waals surface area (Å²) in [4.78, 5) is 4.95. The van der Waals surface area contributed by atoms with Gasteiger partial charge in [0.25, 0.3) is 0 Å². The summed E-state index contributed by atoms with van der Waals surface area (Å²) in [5.41, 5.74) is 4.56. The molecule has 0 aliphatic heterocycles. The second-order valence-corrected chi connectivity index (χ2v) is 5.86. The number of hydrogen-bond acceptors (Lipinski definition) is 3. The largest absolute Gasteiger partial charge is 0.275 e. The fraction of sp³-hybridized carbons (Fsp3) is 0. The van der Waals surface area contributed by atoms with Crippen LogP contribution in [0.25, 0.3) is 39.1 Å². The van der Waals surface area contributed by atoms with Gasteiger partial charge >= 0.3 is 0 Å². The van der Waals surface area contributed by atoms with Gasteiger partial charge in [-0.1, -0.05) is 66.7 Å². The molecule has 118 valence electrons. The zero-order valence-corrected chi connectivity index (χ0v) is 13.4. The molecule has 0 bridgehead atoms. The molecule has 5 aromatic rings. The van der Waals surface area contributed by atoms with Crippen LogP contribution in [0.2, 0.25) is 0 Å². The summed E-state index contributed by atoms with van der Waals surface area (Å²) in [5.74, 6) is 0.868. The number of para-hydroxylation sites is 1. The minimum atomic E-state index is 0.767. The molecule has 0 N–H and O–H groups in total. The van der Waals surface area contributed by atoms with E-state index in [4.69, 9.17) is 4.98 Å². The Morgan fingerprint density at radius 2 is 1.32 bits per heavy atom. The van der Waals surface area contributed by atoms with Crippen molar-refractivity contribution in [2.45, 2.75) is 0 Å². The Morgan fingerprint density at radius 3 is 2.12 bits per heavy atom. The average molecular weight is 322 g/mol. The topological polar surface area (TPSA) is 43.6 Å². The van der Waals surface area contributed by atoms with Crippen LogP contribution in [0.15, 0.2) is 84.9 Å². The summed E-state index contributed by atoms with van der Waals surface area (Å²) in [5, 5.41) is 9.89. The summed E-state index contributed by atoms with van der Waals surface area (Å²) < 4.78 is 2.07. The minimum absolute atomic E-state index is 0.767. The van der Waals surface area contributed by atoms with Crippen LogP contribution in [-0.4, -0.2) is 19.7 Å². The highest BCUT2D eigenvalue weighted by molar-refractivity contribution is 6.01. The molecule has 0 spiro atoms. The van der Waals surface area contributed by atoms with E-state index in [-0.39, 0.29) is 0 Å². The van der Waals surface area contributed by atoms with Gasteiger partial charge in [0.1, 0.15) is 11.3 Å². The van der Waals surface area contributed by atoms with Gasteiger partial charge < -0.3 is 0 Å². The third-order valence-electron chi connectivity index (χ3n) is 4.31. The molecule has 0 radical (unpaired) electrons. The van der Waals surface area contributed by atoms with Gasteiger partial charge in [-0.2, -0.15) is 0 Å². The lowest BCUT2D eigenvalue weighted by Gasteiger charge is -2.08. The van der Waals surface area contributed by atoms with Gasteiger partial charge in [-0.25, -0.2) is 4.98 Å². The van der Waals surface area contributed by atoms with Crippen molar-refractivity contribution < 1.29 is 0 Å². The number of nitrogens with zero attached hydrogens (tertiary/aromatic N) is 4. The highest BCUT2D eigenvalue weighted by atomic mass is 15.2. The SMILES string of the molecule is c1ccc(-c2nc3c4ccccc4nnc3n2-c2ccccc2)cc1. The molecule has 4 nitrogen and oxygen atoms in total. The van der Waals surface area contributed by atoms with Crippen molar-refractivity contribution in [3.05, 3.63) is 84.9 Å². The summed E-state index contributed by atoms with van der Waals surface area (Å²) in [6.45, 7) is 0. The van der Waals surface area contributed by atoms with E-state index in [0.717, 1.165) is 39.1 Å². The first-order valence-electron chi connectivity index (χ1n) is 8.16. The molecule has 2 aromatic heterocycles. The molecule has 25 heavy (non-hydrogen) atoms. The smallest absolute Gasteiger partial charge is 0.188 e. The number of rotatable bonds is 2. The predicted octanol–water partition coefficient (Wildman–Crippen LogP) is 4.64. The fourth-order valence-corrected chi connectivity index (χ4v) is 3.15. The Morgan fingerprint density at radius 1 is 0.640 bits per heavy atom. The first-order chi connectivity index (χ1) is 12.4. The second-order valence-electron chi connectivity index (χ2n) is 5.86. The Kier molecular flexibility index (Phi) is 3.07. The summed E-state index contributed by atoms with van der Waals surface area (Å²) >= 11 is 0. The van der Waals surface area contributed by atoms with Crippen LogP contribution >= 0.6 is 0 Å². The van der Waals surface area contributed by atoms with E-state index < -0.39 is 0 Å². The van der Waals surface area contributed by atoms with Crippen LogP contribution in [0.3, 0.4) is 0 Å². The van der Waals surface area contributed by atoms with Crippen molar-refractivity contribution in [3.63, 3.8) is 0 Å². The molecule has 0 saturated carbocycles. The van der Waals surface area contributed by atoms with Crippen molar-refractivity contribution in [1.82, 2.24) is 19.7 Å². The monoisotopic (exact) mass is 322 g/mol. The van der Waals surface area contributed by atoms with Crippen LogP contribution in [0.4, 0.5) is 0 Å². The van der Waals surface area contributed by atoms with E-state index in [9.17, 15) is 0 Å². The second kappa shape index (κ2) is 5.53. The maximum absolute atomic E-state index is 4.95. The lowest BCUT2D eigenvalue weighted by Crippen LogP contribution is -1.99. The average Bonchev–Trinajstić information content (AvgIpc) is 3.09. The lowest BCUT2D eigenvalue weighted by molar-refractivity contribution is 1.02.